The fourth-order valence-corrected chi connectivity index (χ4v) is 1.97. The molecule has 0 spiro atoms. The van der Waals surface area contributed by atoms with Crippen LogP contribution in [0.25, 0.3) is 11.4 Å². The largest absolute Gasteiger partial charge is 0.390 e. The monoisotopic (exact) mass is 503 g/mol. The molecule has 2 N–H and O–H groups in total. The molecule has 1 aromatic carbocycles. The van der Waals surface area contributed by atoms with Crippen LogP contribution in [0.1, 0.15) is 19.2 Å². The highest BCUT2D eigenvalue weighted by Gasteiger charge is 2.26. The lowest BCUT2D eigenvalue weighted by Crippen LogP contribution is -2.38. The van der Waals surface area contributed by atoms with Crippen LogP contribution in [0.4, 0.5) is 13.2 Å². The van der Waals surface area contributed by atoms with E-state index in [9.17, 15) is 13.2 Å². The van der Waals surface area contributed by atoms with E-state index in [0.29, 0.717) is 17.4 Å². The van der Waals surface area contributed by atoms with Gasteiger partial charge in [0.1, 0.15) is 6.54 Å². The number of hydrogen-bond donors (Lipinski definition) is 2. The number of aliphatic imine (C=N–C) groups is 1. The van der Waals surface area contributed by atoms with Crippen LogP contribution in [0, 0.1) is 0 Å². The number of aromatic nitrogens is 2. The summed E-state index contributed by atoms with van der Waals surface area (Å²) in [5, 5.41) is 9.90. The summed E-state index contributed by atoms with van der Waals surface area (Å²) in [5.74, 6) is 0.882. The molecular weight excluding hydrogens is 486 g/mol. The highest BCUT2D eigenvalue weighted by Crippen LogP contribution is 2.19. The van der Waals surface area contributed by atoms with Gasteiger partial charge in [-0.05, 0) is 31.2 Å². The zero-order chi connectivity index (χ0) is 18.3. The summed E-state index contributed by atoms with van der Waals surface area (Å²) in [6.45, 7) is 2.10. The standard InChI is InChI=1S/C15H17ClF3N5O.HI/c1-2-20-14(21-8-7-15(17,18)19)22-9-12-23-13(24-25-12)10-3-5-11(16)6-4-10;/h3-6H,2,7-9H2,1H3,(H2,20,21,22);1H. The number of nitrogens with zero attached hydrogens (tertiary/aromatic N) is 3. The van der Waals surface area contributed by atoms with Crippen LogP contribution in [0.3, 0.4) is 0 Å². The lowest BCUT2D eigenvalue weighted by atomic mass is 10.2. The van der Waals surface area contributed by atoms with Crippen molar-refractivity contribution in [3.63, 3.8) is 0 Å². The molecule has 2 rings (SSSR count). The van der Waals surface area contributed by atoms with Crippen molar-refractivity contribution in [2.75, 3.05) is 13.1 Å². The smallest absolute Gasteiger partial charge is 0.357 e. The molecule has 26 heavy (non-hydrogen) atoms. The Morgan fingerprint density at radius 3 is 2.54 bits per heavy atom. The van der Waals surface area contributed by atoms with Gasteiger partial charge in [0.25, 0.3) is 0 Å². The van der Waals surface area contributed by atoms with Gasteiger partial charge in [-0.3, -0.25) is 0 Å². The minimum Gasteiger partial charge on any atom is -0.357 e. The molecule has 0 saturated carbocycles. The highest BCUT2D eigenvalue weighted by atomic mass is 127. The van der Waals surface area contributed by atoms with Crippen molar-refractivity contribution in [3.05, 3.63) is 35.2 Å². The summed E-state index contributed by atoms with van der Waals surface area (Å²) in [5.41, 5.74) is 0.735. The molecule has 0 atom stereocenters. The molecule has 11 heteroatoms. The summed E-state index contributed by atoms with van der Waals surface area (Å²) in [6.07, 6.45) is -5.16. The molecule has 0 amide bonds. The number of alkyl halides is 3. The van der Waals surface area contributed by atoms with Gasteiger partial charge in [0.15, 0.2) is 5.96 Å². The molecule has 6 nitrogen and oxygen atoms in total. The Bertz CT molecular complexity index is 706. The molecule has 0 fully saturated rings. The summed E-state index contributed by atoms with van der Waals surface area (Å²) in [4.78, 5) is 8.33. The van der Waals surface area contributed by atoms with Crippen LogP contribution in [0.15, 0.2) is 33.8 Å². The zero-order valence-corrected chi connectivity index (χ0v) is 16.9. The molecule has 0 unspecified atom stereocenters. The number of nitrogens with one attached hydrogen (secondary N) is 2. The second-order valence-electron chi connectivity index (χ2n) is 5.01. The number of benzene rings is 1. The SMILES string of the molecule is CCNC(=NCc1nc(-c2ccc(Cl)cc2)no1)NCCC(F)(F)F.I. The average molecular weight is 504 g/mol. The third-order valence-corrected chi connectivity index (χ3v) is 3.24. The maximum Gasteiger partial charge on any atom is 0.390 e. The van der Waals surface area contributed by atoms with Crippen LogP contribution in [0.2, 0.25) is 5.02 Å². The van der Waals surface area contributed by atoms with Crippen molar-refractivity contribution < 1.29 is 17.7 Å². The first-order chi connectivity index (χ1) is 11.9. The number of halogens is 5. The Hall–Kier alpha value is -1.56. The molecule has 0 radical (unpaired) electrons. The summed E-state index contributed by atoms with van der Waals surface area (Å²) >= 11 is 5.82. The Labute approximate surface area is 170 Å². The Balaban J connectivity index is 0.00000338. The molecule has 0 aliphatic heterocycles. The van der Waals surface area contributed by atoms with Gasteiger partial charge >= 0.3 is 6.18 Å². The van der Waals surface area contributed by atoms with E-state index in [1.54, 1.807) is 24.3 Å². The topological polar surface area (TPSA) is 75.3 Å². The Morgan fingerprint density at radius 1 is 1.23 bits per heavy atom. The normalized spacial score (nSPS) is 11.8. The van der Waals surface area contributed by atoms with Gasteiger partial charge < -0.3 is 15.2 Å². The quantitative estimate of drug-likeness (QED) is 0.354. The highest BCUT2D eigenvalue weighted by molar-refractivity contribution is 14.0. The molecule has 0 aliphatic rings. The third-order valence-electron chi connectivity index (χ3n) is 2.99. The lowest BCUT2D eigenvalue weighted by Gasteiger charge is -2.11. The van der Waals surface area contributed by atoms with Gasteiger partial charge in [0.2, 0.25) is 11.7 Å². The van der Waals surface area contributed by atoms with E-state index in [2.05, 4.69) is 25.8 Å². The van der Waals surface area contributed by atoms with Crippen LogP contribution in [-0.2, 0) is 6.54 Å². The van der Waals surface area contributed by atoms with Crippen LogP contribution in [-0.4, -0.2) is 35.4 Å². The zero-order valence-electron chi connectivity index (χ0n) is 13.8. The van der Waals surface area contributed by atoms with E-state index < -0.39 is 12.6 Å². The van der Waals surface area contributed by atoms with Gasteiger partial charge in [-0.2, -0.15) is 18.2 Å². The fourth-order valence-electron chi connectivity index (χ4n) is 1.85. The first kappa shape index (κ1) is 22.5. The second kappa shape index (κ2) is 10.6. The Kier molecular flexibility index (Phi) is 9.13. The van der Waals surface area contributed by atoms with Crippen molar-refractivity contribution in [2.45, 2.75) is 26.1 Å². The van der Waals surface area contributed by atoms with Crippen molar-refractivity contribution in [1.29, 1.82) is 0 Å². The van der Waals surface area contributed by atoms with Gasteiger partial charge in [-0.15, -0.1) is 24.0 Å². The van der Waals surface area contributed by atoms with Crippen molar-refractivity contribution in [3.8, 4) is 11.4 Å². The van der Waals surface area contributed by atoms with Crippen molar-refractivity contribution >= 4 is 41.5 Å². The molecule has 0 saturated heterocycles. The summed E-state index contributed by atoms with van der Waals surface area (Å²) in [6, 6.07) is 6.92. The van der Waals surface area contributed by atoms with Crippen molar-refractivity contribution in [2.24, 2.45) is 4.99 Å². The van der Waals surface area contributed by atoms with E-state index in [-0.39, 0.29) is 48.9 Å². The summed E-state index contributed by atoms with van der Waals surface area (Å²) < 4.78 is 41.7. The van der Waals surface area contributed by atoms with E-state index in [1.807, 2.05) is 6.92 Å². The predicted octanol–water partition coefficient (Wildman–Crippen LogP) is 4.02. The van der Waals surface area contributed by atoms with E-state index in [4.69, 9.17) is 16.1 Å². The molecule has 144 valence electrons. The molecular formula is C15H18ClF3IN5O. The predicted molar refractivity (Wildman–Crippen MR) is 104 cm³/mol. The first-order valence-corrected chi connectivity index (χ1v) is 7.92. The van der Waals surface area contributed by atoms with Crippen molar-refractivity contribution in [1.82, 2.24) is 20.8 Å². The van der Waals surface area contributed by atoms with Gasteiger partial charge in [-0.1, -0.05) is 16.8 Å². The second-order valence-corrected chi connectivity index (χ2v) is 5.44. The van der Waals surface area contributed by atoms with Crippen LogP contribution < -0.4 is 10.6 Å². The van der Waals surface area contributed by atoms with E-state index >= 15 is 0 Å². The molecule has 0 aliphatic carbocycles. The van der Waals surface area contributed by atoms with E-state index in [1.165, 1.54) is 0 Å². The van der Waals surface area contributed by atoms with Gasteiger partial charge in [-0.25, -0.2) is 4.99 Å². The molecule has 1 heterocycles. The van der Waals surface area contributed by atoms with Gasteiger partial charge in [0.05, 0.1) is 6.42 Å². The number of hydrogen-bond acceptors (Lipinski definition) is 4. The fraction of sp³-hybridized carbons (Fsp3) is 0.400. The number of guanidine groups is 1. The lowest BCUT2D eigenvalue weighted by molar-refractivity contribution is -0.132. The minimum atomic E-state index is -4.22. The maximum atomic E-state index is 12.2. The molecule has 1 aromatic heterocycles. The maximum absolute atomic E-state index is 12.2. The van der Waals surface area contributed by atoms with Crippen LogP contribution >= 0.6 is 35.6 Å². The van der Waals surface area contributed by atoms with E-state index in [0.717, 1.165) is 5.56 Å². The average Bonchev–Trinajstić information content (AvgIpc) is 3.01. The Morgan fingerprint density at radius 2 is 1.92 bits per heavy atom. The molecule has 0 bridgehead atoms. The van der Waals surface area contributed by atoms with Crippen LogP contribution in [0.5, 0.6) is 0 Å². The number of rotatable bonds is 6. The van der Waals surface area contributed by atoms with Gasteiger partial charge in [0, 0.05) is 23.7 Å². The molecule has 2 aromatic rings. The summed E-state index contributed by atoms with van der Waals surface area (Å²) in [7, 11) is 0. The third kappa shape index (κ3) is 7.77. The minimum absolute atomic E-state index is 0. The first-order valence-electron chi connectivity index (χ1n) is 7.55.